The largest absolute Gasteiger partial charge is 0.378 e. The van der Waals surface area contributed by atoms with Gasteiger partial charge in [0.05, 0.1) is 6.10 Å². The third-order valence-corrected chi connectivity index (χ3v) is 5.15. The van der Waals surface area contributed by atoms with Gasteiger partial charge in [0.25, 0.3) is 0 Å². The van der Waals surface area contributed by atoms with Gasteiger partial charge in [0.15, 0.2) is 0 Å². The standard InChI is InChI=1S/C16H32N2O/c1-5-13(2)15-11-18(16(3,4)12-17-15)9-8-14-7-6-10-19-14/h13-15,17H,5-12H2,1-4H3. The average molecular weight is 268 g/mol. The smallest absolute Gasteiger partial charge is 0.0588 e. The van der Waals surface area contributed by atoms with Gasteiger partial charge in [-0.15, -0.1) is 0 Å². The molecule has 0 aromatic heterocycles. The molecule has 0 aliphatic carbocycles. The van der Waals surface area contributed by atoms with Crippen molar-refractivity contribution >= 4 is 0 Å². The summed E-state index contributed by atoms with van der Waals surface area (Å²) in [5.41, 5.74) is 0.280. The van der Waals surface area contributed by atoms with Crippen molar-refractivity contribution in [2.45, 2.75) is 71.1 Å². The Balaban J connectivity index is 1.86. The van der Waals surface area contributed by atoms with Crippen molar-refractivity contribution in [3.05, 3.63) is 0 Å². The van der Waals surface area contributed by atoms with Crippen LogP contribution in [0, 0.1) is 5.92 Å². The van der Waals surface area contributed by atoms with E-state index in [1.807, 2.05) is 0 Å². The monoisotopic (exact) mass is 268 g/mol. The second-order valence-electron chi connectivity index (χ2n) is 7.06. The lowest BCUT2D eigenvalue weighted by Crippen LogP contribution is -2.63. The molecule has 0 aromatic rings. The van der Waals surface area contributed by atoms with E-state index < -0.39 is 0 Å². The van der Waals surface area contributed by atoms with E-state index >= 15 is 0 Å². The minimum atomic E-state index is 0.280. The predicted octanol–water partition coefficient (Wildman–Crippen LogP) is 2.65. The van der Waals surface area contributed by atoms with Gasteiger partial charge in [0, 0.05) is 37.8 Å². The fraction of sp³-hybridized carbons (Fsp3) is 1.00. The highest BCUT2D eigenvalue weighted by Crippen LogP contribution is 2.24. The summed E-state index contributed by atoms with van der Waals surface area (Å²) in [7, 11) is 0. The Morgan fingerprint density at radius 2 is 2.21 bits per heavy atom. The van der Waals surface area contributed by atoms with Crippen LogP contribution in [0.5, 0.6) is 0 Å². The van der Waals surface area contributed by atoms with Gasteiger partial charge in [-0.25, -0.2) is 0 Å². The molecule has 2 aliphatic heterocycles. The molecule has 3 heteroatoms. The van der Waals surface area contributed by atoms with Gasteiger partial charge in [-0.1, -0.05) is 20.3 Å². The second kappa shape index (κ2) is 6.55. The van der Waals surface area contributed by atoms with Crippen molar-refractivity contribution in [3.8, 4) is 0 Å². The molecule has 2 heterocycles. The van der Waals surface area contributed by atoms with Gasteiger partial charge in [-0.2, -0.15) is 0 Å². The van der Waals surface area contributed by atoms with Crippen LogP contribution in [0.1, 0.15) is 53.4 Å². The molecule has 19 heavy (non-hydrogen) atoms. The third kappa shape index (κ3) is 3.93. The Hall–Kier alpha value is -0.120. The molecule has 0 amide bonds. The maximum atomic E-state index is 5.77. The van der Waals surface area contributed by atoms with Crippen molar-refractivity contribution in [3.63, 3.8) is 0 Å². The first kappa shape index (κ1) is 15.3. The van der Waals surface area contributed by atoms with Crippen LogP contribution in [0.3, 0.4) is 0 Å². The van der Waals surface area contributed by atoms with Gasteiger partial charge in [0.2, 0.25) is 0 Å². The van der Waals surface area contributed by atoms with Crippen LogP contribution in [0.25, 0.3) is 0 Å². The minimum Gasteiger partial charge on any atom is -0.378 e. The molecule has 3 nitrogen and oxygen atoms in total. The average Bonchev–Trinajstić information content (AvgIpc) is 2.89. The van der Waals surface area contributed by atoms with Crippen molar-refractivity contribution in [1.82, 2.24) is 10.2 Å². The number of hydrogen-bond acceptors (Lipinski definition) is 3. The lowest BCUT2D eigenvalue weighted by molar-refractivity contribution is 0.0300. The lowest BCUT2D eigenvalue weighted by Gasteiger charge is -2.48. The number of piperazine rings is 1. The van der Waals surface area contributed by atoms with Crippen molar-refractivity contribution in [2.24, 2.45) is 5.92 Å². The van der Waals surface area contributed by atoms with Crippen molar-refractivity contribution in [2.75, 3.05) is 26.2 Å². The van der Waals surface area contributed by atoms with Crippen molar-refractivity contribution in [1.29, 1.82) is 0 Å². The van der Waals surface area contributed by atoms with E-state index in [0.717, 1.165) is 19.1 Å². The molecular weight excluding hydrogens is 236 g/mol. The molecule has 0 bridgehead atoms. The normalized spacial score (nSPS) is 33.5. The molecule has 112 valence electrons. The van der Waals surface area contributed by atoms with E-state index in [2.05, 4.69) is 37.9 Å². The second-order valence-corrected chi connectivity index (χ2v) is 7.06. The van der Waals surface area contributed by atoms with Crippen LogP contribution in [0.2, 0.25) is 0 Å². The highest BCUT2D eigenvalue weighted by Gasteiger charge is 2.35. The zero-order chi connectivity index (χ0) is 13.9. The van der Waals surface area contributed by atoms with Gasteiger partial charge in [-0.05, 0) is 39.0 Å². The maximum absolute atomic E-state index is 5.77. The zero-order valence-electron chi connectivity index (χ0n) is 13.2. The van der Waals surface area contributed by atoms with Gasteiger partial charge in [0.1, 0.15) is 0 Å². The summed E-state index contributed by atoms with van der Waals surface area (Å²) in [6.07, 6.45) is 5.51. The molecule has 2 aliphatic rings. The summed E-state index contributed by atoms with van der Waals surface area (Å²) in [5, 5.41) is 3.75. The van der Waals surface area contributed by atoms with Crippen LogP contribution in [-0.4, -0.2) is 48.8 Å². The highest BCUT2D eigenvalue weighted by molar-refractivity contribution is 4.94. The Morgan fingerprint density at radius 1 is 1.42 bits per heavy atom. The topological polar surface area (TPSA) is 24.5 Å². The first-order valence-corrected chi connectivity index (χ1v) is 8.13. The third-order valence-electron chi connectivity index (χ3n) is 5.15. The number of hydrogen-bond donors (Lipinski definition) is 1. The Kier molecular flexibility index (Phi) is 5.27. The molecule has 2 fully saturated rings. The van der Waals surface area contributed by atoms with Crippen LogP contribution in [0.4, 0.5) is 0 Å². The molecule has 3 atom stereocenters. The molecule has 0 radical (unpaired) electrons. The summed E-state index contributed by atoms with van der Waals surface area (Å²) in [5.74, 6) is 0.765. The van der Waals surface area contributed by atoms with Crippen molar-refractivity contribution < 1.29 is 4.74 Å². The summed E-state index contributed by atoms with van der Waals surface area (Å²) in [6, 6.07) is 0.655. The van der Waals surface area contributed by atoms with E-state index in [9.17, 15) is 0 Å². The van der Waals surface area contributed by atoms with Gasteiger partial charge < -0.3 is 10.1 Å². The zero-order valence-corrected chi connectivity index (χ0v) is 13.2. The van der Waals surface area contributed by atoms with E-state index in [4.69, 9.17) is 4.74 Å². The quantitative estimate of drug-likeness (QED) is 0.829. The highest BCUT2D eigenvalue weighted by atomic mass is 16.5. The first-order chi connectivity index (χ1) is 9.03. The molecule has 1 N–H and O–H groups in total. The maximum Gasteiger partial charge on any atom is 0.0588 e. The summed E-state index contributed by atoms with van der Waals surface area (Å²) in [4.78, 5) is 2.68. The summed E-state index contributed by atoms with van der Waals surface area (Å²) < 4.78 is 5.77. The van der Waals surface area contributed by atoms with Crippen LogP contribution in [-0.2, 0) is 4.74 Å². The molecule has 3 unspecified atom stereocenters. The molecule has 0 spiro atoms. The van der Waals surface area contributed by atoms with E-state index in [0.29, 0.717) is 12.1 Å². The SMILES string of the molecule is CCC(C)C1CN(CCC2CCCO2)C(C)(C)CN1. The predicted molar refractivity (Wildman–Crippen MR) is 80.5 cm³/mol. The van der Waals surface area contributed by atoms with E-state index in [1.54, 1.807) is 0 Å². The molecule has 0 aromatic carbocycles. The van der Waals surface area contributed by atoms with Crippen LogP contribution >= 0.6 is 0 Å². The first-order valence-electron chi connectivity index (χ1n) is 8.13. The number of ether oxygens (including phenoxy) is 1. The van der Waals surface area contributed by atoms with Gasteiger partial charge in [-0.3, -0.25) is 4.90 Å². The summed E-state index contributed by atoms with van der Waals surface area (Å²) in [6.45, 7) is 13.8. The molecule has 2 saturated heterocycles. The fourth-order valence-electron chi connectivity index (χ4n) is 3.27. The Morgan fingerprint density at radius 3 is 2.84 bits per heavy atom. The Labute approximate surface area is 119 Å². The number of nitrogens with one attached hydrogen (secondary N) is 1. The number of nitrogens with zero attached hydrogens (tertiary/aromatic N) is 1. The van der Waals surface area contributed by atoms with Crippen LogP contribution < -0.4 is 5.32 Å². The lowest BCUT2D eigenvalue weighted by atomic mass is 9.90. The van der Waals surface area contributed by atoms with E-state index in [-0.39, 0.29) is 5.54 Å². The fourth-order valence-corrected chi connectivity index (χ4v) is 3.27. The van der Waals surface area contributed by atoms with E-state index in [1.165, 1.54) is 38.8 Å². The Bertz CT molecular complexity index is 274. The summed E-state index contributed by atoms with van der Waals surface area (Å²) >= 11 is 0. The van der Waals surface area contributed by atoms with Gasteiger partial charge >= 0.3 is 0 Å². The molecule has 2 rings (SSSR count). The minimum absolute atomic E-state index is 0.280. The number of rotatable bonds is 5. The van der Waals surface area contributed by atoms with Crippen LogP contribution in [0.15, 0.2) is 0 Å². The molecule has 0 saturated carbocycles. The molecular formula is C16H32N2O.